The van der Waals surface area contributed by atoms with Crippen LogP contribution in [0.4, 0.5) is 0 Å². The van der Waals surface area contributed by atoms with Crippen LogP contribution < -0.4 is 4.74 Å². The van der Waals surface area contributed by atoms with Gasteiger partial charge in [-0.3, -0.25) is 4.90 Å². The number of rotatable bonds is 2. The van der Waals surface area contributed by atoms with Crippen molar-refractivity contribution in [1.29, 1.82) is 0 Å². The molecule has 5 heteroatoms. The standard InChI is InChI=1S/C13H16BrNO3/c14-9-1-2-13-8(3-9)4-10(18-13)5-15-6-11(16)12(17)7-15/h1-3,10-12,16-17H,4-7H2. The molecule has 0 saturated carbocycles. The molecule has 2 aliphatic heterocycles. The van der Waals surface area contributed by atoms with Gasteiger partial charge in [0, 0.05) is 30.5 Å². The summed E-state index contributed by atoms with van der Waals surface area (Å²) in [6.45, 7) is 1.81. The van der Waals surface area contributed by atoms with Crippen molar-refractivity contribution in [2.45, 2.75) is 24.7 Å². The van der Waals surface area contributed by atoms with E-state index in [9.17, 15) is 10.2 Å². The van der Waals surface area contributed by atoms with Crippen molar-refractivity contribution in [1.82, 2.24) is 4.90 Å². The van der Waals surface area contributed by atoms with E-state index in [4.69, 9.17) is 4.74 Å². The molecule has 18 heavy (non-hydrogen) atoms. The van der Waals surface area contributed by atoms with Crippen LogP contribution >= 0.6 is 15.9 Å². The Morgan fingerprint density at radius 3 is 2.72 bits per heavy atom. The maximum atomic E-state index is 9.51. The normalized spacial score (nSPS) is 31.4. The molecule has 0 spiro atoms. The van der Waals surface area contributed by atoms with Gasteiger partial charge in [0.1, 0.15) is 11.9 Å². The first-order chi connectivity index (χ1) is 8.61. The minimum atomic E-state index is -0.622. The summed E-state index contributed by atoms with van der Waals surface area (Å²) in [5.41, 5.74) is 1.22. The van der Waals surface area contributed by atoms with Crippen molar-refractivity contribution in [3.05, 3.63) is 28.2 Å². The second-order valence-corrected chi connectivity index (χ2v) is 5.96. The molecule has 3 rings (SSSR count). The van der Waals surface area contributed by atoms with Crippen molar-refractivity contribution in [3.63, 3.8) is 0 Å². The lowest BCUT2D eigenvalue weighted by Crippen LogP contribution is -2.34. The number of hydrogen-bond acceptors (Lipinski definition) is 4. The number of β-amino-alcohol motifs (C(OH)–C–C–N with tert-alkyl or cyclic N) is 2. The molecule has 0 bridgehead atoms. The van der Waals surface area contributed by atoms with Crippen molar-refractivity contribution >= 4 is 15.9 Å². The molecule has 1 saturated heterocycles. The van der Waals surface area contributed by atoms with Crippen molar-refractivity contribution in [3.8, 4) is 5.75 Å². The summed E-state index contributed by atoms with van der Waals surface area (Å²) in [6.07, 6.45) is -0.241. The Balaban J connectivity index is 1.61. The van der Waals surface area contributed by atoms with E-state index in [1.807, 2.05) is 12.1 Å². The summed E-state index contributed by atoms with van der Waals surface area (Å²) in [6, 6.07) is 6.04. The summed E-state index contributed by atoms with van der Waals surface area (Å²) in [5, 5.41) is 19.0. The van der Waals surface area contributed by atoms with E-state index >= 15 is 0 Å². The number of halogens is 1. The smallest absolute Gasteiger partial charge is 0.123 e. The van der Waals surface area contributed by atoms with Crippen LogP contribution in [-0.2, 0) is 6.42 Å². The van der Waals surface area contributed by atoms with Crippen LogP contribution in [0.1, 0.15) is 5.56 Å². The van der Waals surface area contributed by atoms with E-state index in [0.717, 1.165) is 23.2 Å². The largest absolute Gasteiger partial charge is 0.488 e. The number of aliphatic hydroxyl groups is 2. The van der Waals surface area contributed by atoms with Gasteiger partial charge in [0.15, 0.2) is 0 Å². The number of benzene rings is 1. The third kappa shape index (κ3) is 2.40. The van der Waals surface area contributed by atoms with Gasteiger partial charge < -0.3 is 14.9 Å². The highest BCUT2D eigenvalue weighted by Gasteiger charge is 2.33. The average molecular weight is 314 g/mol. The van der Waals surface area contributed by atoms with Crippen LogP contribution in [0.15, 0.2) is 22.7 Å². The maximum Gasteiger partial charge on any atom is 0.123 e. The highest BCUT2D eigenvalue weighted by Crippen LogP contribution is 2.31. The van der Waals surface area contributed by atoms with E-state index in [0.29, 0.717) is 13.1 Å². The van der Waals surface area contributed by atoms with E-state index in [-0.39, 0.29) is 6.10 Å². The summed E-state index contributed by atoms with van der Waals surface area (Å²) in [4.78, 5) is 2.06. The van der Waals surface area contributed by atoms with E-state index in [1.165, 1.54) is 5.56 Å². The van der Waals surface area contributed by atoms with Crippen LogP contribution in [0.2, 0.25) is 0 Å². The molecule has 4 nitrogen and oxygen atoms in total. The van der Waals surface area contributed by atoms with E-state index in [1.54, 1.807) is 0 Å². The molecule has 0 radical (unpaired) electrons. The molecule has 1 aromatic rings. The Kier molecular flexibility index (Phi) is 3.32. The third-order valence-electron chi connectivity index (χ3n) is 3.56. The molecule has 3 atom stereocenters. The Hall–Kier alpha value is -0.620. The number of ether oxygens (including phenoxy) is 1. The van der Waals surface area contributed by atoms with E-state index < -0.39 is 12.2 Å². The van der Waals surface area contributed by atoms with Gasteiger partial charge in [-0.25, -0.2) is 0 Å². The molecule has 2 heterocycles. The molecule has 0 aromatic heterocycles. The summed E-state index contributed by atoms with van der Waals surface area (Å²) < 4.78 is 6.94. The Morgan fingerprint density at radius 1 is 1.28 bits per heavy atom. The summed E-state index contributed by atoms with van der Waals surface area (Å²) in [5.74, 6) is 0.948. The number of nitrogens with zero attached hydrogens (tertiary/aromatic N) is 1. The topological polar surface area (TPSA) is 52.9 Å². The fourth-order valence-corrected chi connectivity index (χ4v) is 3.08. The lowest BCUT2D eigenvalue weighted by atomic mass is 10.1. The third-order valence-corrected chi connectivity index (χ3v) is 4.05. The average Bonchev–Trinajstić information content (AvgIpc) is 2.82. The first-order valence-corrected chi connectivity index (χ1v) is 6.94. The molecule has 1 aromatic carbocycles. The maximum absolute atomic E-state index is 9.51. The molecular weight excluding hydrogens is 298 g/mol. The van der Waals surface area contributed by atoms with Gasteiger partial charge in [0.25, 0.3) is 0 Å². The SMILES string of the molecule is OC1CN(CC2Cc3cc(Br)ccc3O2)CC1O. The van der Waals surface area contributed by atoms with Crippen LogP contribution in [-0.4, -0.2) is 53.1 Å². The molecule has 1 fully saturated rings. The molecule has 2 N–H and O–H groups in total. The Morgan fingerprint density at radius 2 is 2.00 bits per heavy atom. The molecule has 3 unspecified atom stereocenters. The van der Waals surface area contributed by atoms with Gasteiger partial charge in [-0.15, -0.1) is 0 Å². The van der Waals surface area contributed by atoms with Gasteiger partial charge in [-0.1, -0.05) is 15.9 Å². The number of fused-ring (bicyclic) bond motifs is 1. The van der Waals surface area contributed by atoms with Gasteiger partial charge in [0.2, 0.25) is 0 Å². The van der Waals surface area contributed by atoms with Crippen LogP contribution in [0.25, 0.3) is 0 Å². The predicted molar refractivity (Wildman–Crippen MR) is 70.7 cm³/mol. The van der Waals surface area contributed by atoms with Gasteiger partial charge in [-0.05, 0) is 23.8 Å². The van der Waals surface area contributed by atoms with Crippen LogP contribution in [0.5, 0.6) is 5.75 Å². The van der Waals surface area contributed by atoms with Crippen molar-refractivity contribution < 1.29 is 14.9 Å². The fraction of sp³-hybridized carbons (Fsp3) is 0.538. The molecular formula is C13H16BrNO3. The van der Waals surface area contributed by atoms with Crippen LogP contribution in [0.3, 0.4) is 0 Å². The predicted octanol–water partition coefficient (Wildman–Crippen LogP) is 0.790. The Bertz CT molecular complexity index is 444. The van der Waals surface area contributed by atoms with Crippen molar-refractivity contribution in [2.24, 2.45) is 0 Å². The highest BCUT2D eigenvalue weighted by molar-refractivity contribution is 9.10. The number of aliphatic hydroxyl groups excluding tert-OH is 2. The minimum absolute atomic E-state index is 0.117. The quantitative estimate of drug-likeness (QED) is 0.847. The summed E-state index contributed by atoms with van der Waals surface area (Å²) in [7, 11) is 0. The fourth-order valence-electron chi connectivity index (χ4n) is 2.67. The Labute approximate surface area is 114 Å². The zero-order valence-corrected chi connectivity index (χ0v) is 11.5. The monoisotopic (exact) mass is 313 g/mol. The lowest BCUT2D eigenvalue weighted by Gasteiger charge is -2.19. The molecule has 2 aliphatic rings. The second kappa shape index (κ2) is 4.81. The van der Waals surface area contributed by atoms with Gasteiger partial charge >= 0.3 is 0 Å². The first-order valence-electron chi connectivity index (χ1n) is 6.15. The minimum Gasteiger partial charge on any atom is -0.488 e. The van der Waals surface area contributed by atoms with Gasteiger partial charge in [-0.2, -0.15) is 0 Å². The van der Waals surface area contributed by atoms with Crippen molar-refractivity contribution in [2.75, 3.05) is 19.6 Å². The molecule has 0 aliphatic carbocycles. The lowest BCUT2D eigenvalue weighted by molar-refractivity contribution is 0.0572. The zero-order chi connectivity index (χ0) is 12.7. The second-order valence-electron chi connectivity index (χ2n) is 5.05. The highest BCUT2D eigenvalue weighted by atomic mass is 79.9. The van der Waals surface area contributed by atoms with E-state index in [2.05, 4.69) is 26.9 Å². The van der Waals surface area contributed by atoms with Gasteiger partial charge in [0.05, 0.1) is 12.2 Å². The number of hydrogen-bond donors (Lipinski definition) is 2. The molecule has 0 amide bonds. The zero-order valence-electron chi connectivity index (χ0n) is 9.92. The number of likely N-dealkylation sites (tertiary alicyclic amines) is 1. The summed E-state index contributed by atoms with van der Waals surface area (Å²) >= 11 is 3.46. The molecule has 98 valence electrons. The first kappa shape index (κ1) is 12.4. The van der Waals surface area contributed by atoms with Crippen LogP contribution in [0, 0.1) is 0 Å².